The summed E-state index contributed by atoms with van der Waals surface area (Å²) in [7, 11) is -1.94. The van der Waals surface area contributed by atoms with Crippen molar-refractivity contribution in [1.29, 1.82) is 5.26 Å². The fourth-order valence-corrected chi connectivity index (χ4v) is 3.90. The van der Waals surface area contributed by atoms with Gasteiger partial charge in [-0.15, -0.1) is 0 Å². The minimum Gasteiger partial charge on any atom is -0.383 e. The molecule has 0 atom stereocenters. The second-order valence-corrected chi connectivity index (χ2v) is 6.75. The number of piperazine rings is 1. The highest BCUT2D eigenvalue weighted by Crippen LogP contribution is 2.20. The number of ether oxygens (including phenoxy) is 1. The van der Waals surface area contributed by atoms with Crippen molar-refractivity contribution in [1.82, 2.24) is 9.21 Å². The molecular weight excluding hydrogens is 290 g/mol. The highest BCUT2D eigenvalue weighted by Gasteiger charge is 2.29. The zero-order valence-electron chi connectivity index (χ0n) is 12.0. The molecule has 0 aromatic heterocycles. The zero-order valence-corrected chi connectivity index (χ0v) is 12.8. The molecule has 1 heterocycles. The summed E-state index contributed by atoms with van der Waals surface area (Å²) < 4.78 is 31.7. The molecule has 1 aliphatic heterocycles. The van der Waals surface area contributed by atoms with Gasteiger partial charge in [-0.3, -0.25) is 4.90 Å². The van der Waals surface area contributed by atoms with Gasteiger partial charge in [0.25, 0.3) is 0 Å². The molecule has 0 N–H and O–H groups in total. The monoisotopic (exact) mass is 309 g/mol. The number of sulfonamides is 1. The topological polar surface area (TPSA) is 73.6 Å². The van der Waals surface area contributed by atoms with Gasteiger partial charge in [-0.25, -0.2) is 8.42 Å². The summed E-state index contributed by atoms with van der Waals surface area (Å²) in [5.41, 5.74) is 0.194. The van der Waals surface area contributed by atoms with Crippen LogP contribution in [0.4, 0.5) is 0 Å². The second-order valence-electron chi connectivity index (χ2n) is 4.85. The maximum atomic E-state index is 12.6. The molecule has 7 heteroatoms. The van der Waals surface area contributed by atoms with Crippen LogP contribution >= 0.6 is 0 Å². The normalized spacial score (nSPS) is 17.5. The predicted octanol–water partition coefficient (Wildman–Crippen LogP) is 0.511. The molecule has 0 unspecified atom stereocenters. The van der Waals surface area contributed by atoms with Crippen LogP contribution in [0.3, 0.4) is 0 Å². The van der Waals surface area contributed by atoms with E-state index in [1.807, 2.05) is 6.07 Å². The lowest BCUT2D eigenvalue weighted by atomic mass is 10.2. The molecule has 0 bridgehead atoms. The van der Waals surface area contributed by atoms with Crippen LogP contribution in [0.2, 0.25) is 0 Å². The Morgan fingerprint density at radius 2 is 1.90 bits per heavy atom. The molecule has 0 radical (unpaired) electrons. The molecule has 0 spiro atoms. The van der Waals surface area contributed by atoms with Gasteiger partial charge in [-0.1, -0.05) is 12.1 Å². The van der Waals surface area contributed by atoms with Crippen molar-refractivity contribution in [2.75, 3.05) is 46.4 Å². The van der Waals surface area contributed by atoms with Crippen molar-refractivity contribution in [2.24, 2.45) is 0 Å². The first kappa shape index (κ1) is 15.9. The molecule has 0 aliphatic carbocycles. The van der Waals surface area contributed by atoms with Gasteiger partial charge in [0.15, 0.2) is 0 Å². The molecule has 1 saturated heterocycles. The zero-order chi connectivity index (χ0) is 15.3. The maximum absolute atomic E-state index is 12.6. The van der Waals surface area contributed by atoms with Crippen LogP contribution < -0.4 is 0 Å². The van der Waals surface area contributed by atoms with E-state index in [0.717, 1.165) is 6.54 Å². The Hall–Kier alpha value is -1.46. The van der Waals surface area contributed by atoms with Gasteiger partial charge < -0.3 is 4.74 Å². The largest absolute Gasteiger partial charge is 0.383 e. The highest BCUT2D eigenvalue weighted by molar-refractivity contribution is 7.89. The van der Waals surface area contributed by atoms with Crippen LogP contribution in [0.5, 0.6) is 0 Å². The fourth-order valence-electron chi connectivity index (χ4n) is 2.34. The Kier molecular flexibility index (Phi) is 5.31. The van der Waals surface area contributed by atoms with Crippen molar-refractivity contribution in [3.05, 3.63) is 29.8 Å². The number of benzene rings is 1. The maximum Gasteiger partial charge on any atom is 0.244 e. The third-order valence-electron chi connectivity index (χ3n) is 3.57. The molecule has 114 valence electrons. The second kappa shape index (κ2) is 7.00. The van der Waals surface area contributed by atoms with Crippen LogP contribution in [0, 0.1) is 11.3 Å². The van der Waals surface area contributed by atoms with Crippen LogP contribution in [0.1, 0.15) is 5.56 Å². The molecule has 1 aromatic carbocycles. The van der Waals surface area contributed by atoms with E-state index in [-0.39, 0.29) is 10.5 Å². The number of hydrogen-bond donors (Lipinski definition) is 0. The summed E-state index contributed by atoms with van der Waals surface area (Å²) in [6.45, 7) is 3.68. The van der Waals surface area contributed by atoms with Crippen molar-refractivity contribution >= 4 is 10.0 Å². The van der Waals surface area contributed by atoms with Gasteiger partial charge in [0.05, 0.1) is 17.1 Å². The molecule has 0 amide bonds. The van der Waals surface area contributed by atoms with E-state index in [1.165, 1.54) is 16.4 Å². The Morgan fingerprint density at radius 3 is 2.52 bits per heavy atom. The highest BCUT2D eigenvalue weighted by atomic mass is 32.2. The smallest absolute Gasteiger partial charge is 0.244 e. The quantitative estimate of drug-likeness (QED) is 0.792. The van der Waals surface area contributed by atoms with Crippen LogP contribution in [-0.2, 0) is 14.8 Å². The van der Waals surface area contributed by atoms with Gasteiger partial charge >= 0.3 is 0 Å². The molecule has 6 nitrogen and oxygen atoms in total. The van der Waals surface area contributed by atoms with E-state index in [0.29, 0.717) is 32.8 Å². The van der Waals surface area contributed by atoms with Crippen LogP contribution in [0.15, 0.2) is 29.2 Å². The predicted molar refractivity (Wildman–Crippen MR) is 78.2 cm³/mol. The molecule has 21 heavy (non-hydrogen) atoms. The summed E-state index contributed by atoms with van der Waals surface area (Å²) in [6.07, 6.45) is 0. The van der Waals surface area contributed by atoms with Gasteiger partial charge in [0.1, 0.15) is 6.07 Å². The molecule has 1 aromatic rings. The average Bonchev–Trinajstić information content (AvgIpc) is 2.53. The first-order valence-corrected chi connectivity index (χ1v) is 8.24. The fraction of sp³-hybridized carbons (Fsp3) is 0.500. The van der Waals surface area contributed by atoms with Gasteiger partial charge in [0.2, 0.25) is 10.0 Å². The SMILES string of the molecule is COCCN1CCN(S(=O)(=O)c2ccccc2C#N)CC1. The number of methoxy groups -OCH3 is 1. The third-order valence-corrected chi connectivity index (χ3v) is 5.53. The van der Waals surface area contributed by atoms with Gasteiger partial charge in [-0.05, 0) is 12.1 Å². The Balaban J connectivity index is 2.10. The molecule has 1 aliphatic rings. The Bertz CT molecular complexity index is 617. The van der Waals surface area contributed by atoms with Crippen molar-refractivity contribution < 1.29 is 13.2 Å². The number of nitriles is 1. The first-order valence-electron chi connectivity index (χ1n) is 6.80. The number of hydrogen-bond acceptors (Lipinski definition) is 5. The first-order chi connectivity index (χ1) is 10.1. The van der Waals surface area contributed by atoms with E-state index in [1.54, 1.807) is 19.2 Å². The third kappa shape index (κ3) is 3.60. The Labute approximate surface area is 125 Å². The summed E-state index contributed by atoms with van der Waals surface area (Å²) in [5, 5.41) is 9.06. The lowest BCUT2D eigenvalue weighted by Crippen LogP contribution is -2.49. The minimum absolute atomic E-state index is 0.0952. The molecule has 0 saturated carbocycles. The lowest BCUT2D eigenvalue weighted by molar-refractivity contribution is 0.123. The van der Waals surface area contributed by atoms with Crippen LogP contribution in [0.25, 0.3) is 0 Å². The van der Waals surface area contributed by atoms with E-state index in [2.05, 4.69) is 4.90 Å². The summed E-state index contributed by atoms with van der Waals surface area (Å²) in [6, 6.07) is 8.27. The van der Waals surface area contributed by atoms with Gasteiger partial charge in [0, 0.05) is 39.8 Å². The lowest BCUT2D eigenvalue weighted by Gasteiger charge is -2.33. The summed E-state index contributed by atoms with van der Waals surface area (Å²) in [5.74, 6) is 0. The Morgan fingerprint density at radius 1 is 1.24 bits per heavy atom. The van der Waals surface area contributed by atoms with Gasteiger partial charge in [-0.2, -0.15) is 9.57 Å². The molecular formula is C14H19N3O3S. The summed E-state index contributed by atoms with van der Waals surface area (Å²) in [4.78, 5) is 2.27. The van der Waals surface area contributed by atoms with E-state index in [4.69, 9.17) is 10.00 Å². The van der Waals surface area contributed by atoms with E-state index >= 15 is 0 Å². The molecule has 1 fully saturated rings. The summed E-state index contributed by atoms with van der Waals surface area (Å²) >= 11 is 0. The average molecular weight is 309 g/mol. The van der Waals surface area contributed by atoms with Crippen molar-refractivity contribution in [3.8, 4) is 6.07 Å². The number of rotatable bonds is 5. The number of nitrogens with zero attached hydrogens (tertiary/aromatic N) is 3. The van der Waals surface area contributed by atoms with Crippen molar-refractivity contribution in [3.63, 3.8) is 0 Å². The molecule has 2 rings (SSSR count). The van der Waals surface area contributed by atoms with E-state index < -0.39 is 10.0 Å². The standard InChI is InChI=1S/C14H19N3O3S/c1-20-11-10-16-6-8-17(9-7-16)21(18,19)14-5-3-2-4-13(14)12-15/h2-5H,6-11H2,1H3. The van der Waals surface area contributed by atoms with Crippen molar-refractivity contribution in [2.45, 2.75) is 4.90 Å². The van der Waals surface area contributed by atoms with Crippen LogP contribution in [-0.4, -0.2) is 64.1 Å². The van der Waals surface area contributed by atoms with E-state index in [9.17, 15) is 8.42 Å². The minimum atomic E-state index is -3.60.